The molecule has 0 bridgehead atoms. The Morgan fingerprint density at radius 3 is 2.52 bits per heavy atom. The van der Waals surface area contributed by atoms with Crippen LogP contribution < -0.4 is 15.6 Å². The molecule has 0 heterocycles. The lowest BCUT2D eigenvalue weighted by molar-refractivity contribution is -0.126. The minimum Gasteiger partial charge on any atom is -0.496 e. The van der Waals surface area contributed by atoms with E-state index < -0.39 is 0 Å². The quantitative estimate of drug-likeness (QED) is 0.840. The Labute approximate surface area is 125 Å². The van der Waals surface area contributed by atoms with Gasteiger partial charge in [-0.25, -0.2) is 0 Å². The van der Waals surface area contributed by atoms with Gasteiger partial charge in [0.1, 0.15) is 5.75 Å². The molecule has 2 rings (SSSR count). The summed E-state index contributed by atoms with van der Waals surface area (Å²) >= 11 is 0. The van der Waals surface area contributed by atoms with E-state index in [0.717, 1.165) is 31.2 Å². The van der Waals surface area contributed by atoms with Crippen LogP contribution in [0.1, 0.15) is 48.0 Å². The standard InChI is InChI=1S/C16H22N2O3/c1-11-8-9-14(21-2)13(10-11)16(20)18-17-15(19)12-6-4-3-5-7-12/h8-10,12H,3-7H2,1-2H3,(H,17,19)(H,18,20). The second-order valence-corrected chi connectivity index (χ2v) is 5.48. The largest absolute Gasteiger partial charge is 0.496 e. The maximum Gasteiger partial charge on any atom is 0.273 e. The van der Waals surface area contributed by atoms with Crippen LogP contribution in [0.15, 0.2) is 18.2 Å². The molecule has 0 aromatic heterocycles. The van der Waals surface area contributed by atoms with Crippen LogP contribution in [0, 0.1) is 12.8 Å². The average Bonchev–Trinajstić information content (AvgIpc) is 2.53. The fourth-order valence-electron chi connectivity index (χ4n) is 2.65. The van der Waals surface area contributed by atoms with Gasteiger partial charge in [-0.15, -0.1) is 0 Å². The monoisotopic (exact) mass is 290 g/mol. The van der Waals surface area contributed by atoms with Crippen LogP contribution in [-0.4, -0.2) is 18.9 Å². The van der Waals surface area contributed by atoms with Gasteiger partial charge < -0.3 is 4.74 Å². The minimum absolute atomic E-state index is 0.0125. The fraction of sp³-hybridized carbons (Fsp3) is 0.500. The second kappa shape index (κ2) is 7.11. The molecule has 5 heteroatoms. The van der Waals surface area contributed by atoms with E-state index in [1.807, 2.05) is 13.0 Å². The number of benzene rings is 1. The van der Waals surface area contributed by atoms with Crippen LogP contribution in [0.5, 0.6) is 5.75 Å². The summed E-state index contributed by atoms with van der Waals surface area (Å²) in [6.45, 7) is 1.90. The molecule has 114 valence electrons. The summed E-state index contributed by atoms with van der Waals surface area (Å²) in [7, 11) is 1.52. The lowest BCUT2D eigenvalue weighted by Crippen LogP contribution is -2.45. The first-order chi connectivity index (χ1) is 10.1. The van der Waals surface area contributed by atoms with Crippen LogP contribution in [-0.2, 0) is 4.79 Å². The highest BCUT2D eigenvalue weighted by molar-refractivity contribution is 5.98. The summed E-state index contributed by atoms with van der Waals surface area (Å²) in [5, 5.41) is 0. The number of carbonyl (C=O) groups is 2. The van der Waals surface area contributed by atoms with Crippen LogP contribution in [0.3, 0.4) is 0 Å². The van der Waals surface area contributed by atoms with E-state index in [-0.39, 0.29) is 17.7 Å². The molecule has 1 aliphatic rings. The molecule has 2 amide bonds. The van der Waals surface area contributed by atoms with Crippen molar-refractivity contribution in [1.82, 2.24) is 10.9 Å². The van der Waals surface area contributed by atoms with E-state index in [1.165, 1.54) is 13.5 Å². The van der Waals surface area contributed by atoms with E-state index in [2.05, 4.69) is 10.9 Å². The predicted octanol–water partition coefficient (Wildman–Crippen LogP) is 2.34. The number of aryl methyl sites for hydroxylation is 1. The van der Waals surface area contributed by atoms with Crippen molar-refractivity contribution in [2.45, 2.75) is 39.0 Å². The van der Waals surface area contributed by atoms with Gasteiger partial charge in [0.2, 0.25) is 5.91 Å². The van der Waals surface area contributed by atoms with Crippen LogP contribution in [0.2, 0.25) is 0 Å². The van der Waals surface area contributed by atoms with Gasteiger partial charge in [0.05, 0.1) is 12.7 Å². The van der Waals surface area contributed by atoms with Gasteiger partial charge >= 0.3 is 0 Å². The minimum atomic E-state index is -0.361. The summed E-state index contributed by atoms with van der Waals surface area (Å²) in [6.07, 6.45) is 5.15. The normalized spacial score (nSPS) is 15.3. The summed E-state index contributed by atoms with van der Waals surface area (Å²) in [5.41, 5.74) is 6.38. The number of carbonyl (C=O) groups excluding carboxylic acids is 2. The molecule has 0 atom stereocenters. The van der Waals surface area contributed by atoms with Crippen LogP contribution in [0.4, 0.5) is 0 Å². The summed E-state index contributed by atoms with van der Waals surface area (Å²) in [4.78, 5) is 24.2. The summed E-state index contributed by atoms with van der Waals surface area (Å²) in [5.74, 6) is 0.0397. The second-order valence-electron chi connectivity index (χ2n) is 5.48. The molecule has 0 saturated heterocycles. The first-order valence-corrected chi connectivity index (χ1v) is 7.36. The van der Waals surface area contributed by atoms with Crippen molar-refractivity contribution in [1.29, 1.82) is 0 Å². The van der Waals surface area contributed by atoms with Gasteiger partial charge in [0.25, 0.3) is 5.91 Å². The Kier molecular flexibility index (Phi) is 5.20. The van der Waals surface area contributed by atoms with Crippen molar-refractivity contribution < 1.29 is 14.3 Å². The smallest absolute Gasteiger partial charge is 0.273 e. The molecule has 0 radical (unpaired) electrons. The third-order valence-corrected chi connectivity index (χ3v) is 3.87. The molecule has 0 unspecified atom stereocenters. The van der Waals surface area contributed by atoms with Crippen molar-refractivity contribution >= 4 is 11.8 Å². The van der Waals surface area contributed by atoms with Gasteiger partial charge in [0.15, 0.2) is 0 Å². The zero-order valence-corrected chi connectivity index (χ0v) is 12.6. The molecule has 2 N–H and O–H groups in total. The molecule has 1 aromatic carbocycles. The fourth-order valence-corrected chi connectivity index (χ4v) is 2.65. The third kappa shape index (κ3) is 3.97. The lowest BCUT2D eigenvalue weighted by Gasteiger charge is -2.21. The first-order valence-electron chi connectivity index (χ1n) is 7.36. The number of hydrazine groups is 1. The zero-order valence-electron chi connectivity index (χ0n) is 12.6. The Bertz CT molecular complexity index is 522. The number of amides is 2. The molecule has 21 heavy (non-hydrogen) atoms. The molecule has 1 aliphatic carbocycles. The van der Waals surface area contributed by atoms with Crippen molar-refractivity contribution in [3.05, 3.63) is 29.3 Å². The van der Waals surface area contributed by atoms with E-state index in [0.29, 0.717) is 11.3 Å². The first kappa shape index (κ1) is 15.4. The molecule has 1 saturated carbocycles. The molecule has 5 nitrogen and oxygen atoms in total. The number of rotatable bonds is 3. The predicted molar refractivity (Wildman–Crippen MR) is 79.9 cm³/mol. The highest BCUT2D eigenvalue weighted by Gasteiger charge is 2.22. The van der Waals surface area contributed by atoms with Gasteiger partial charge in [-0.3, -0.25) is 20.4 Å². The number of hydrogen-bond acceptors (Lipinski definition) is 3. The van der Waals surface area contributed by atoms with Crippen LogP contribution in [0.25, 0.3) is 0 Å². The number of nitrogens with one attached hydrogen (secondary N) is 2. The van der Waals surface area contributed by atoms with Gasteiger partial charge in [-0.1, -0.05) is 30.9 Å². The Morgan fingerprint density at radius 2 is 1.86 bits per heavy atom. The molecule has 0 aliphatic heterocycles. The molecule has 1 aromatic rings. The Hall–Kier alpha value is -2.04. The molecular formula is C16H22N2O3. The van der Waals surface area contributed by atoms with E-state index in [4.69, 9.17) is 4.74 Å². The van der Waals surface area contributed by atoms with E-state index >= 15 is 0 Å². The third-order valence-electron chi connectivity index (χ3n) is 3.87. The zero-order chi connectivity index (χ0) is 15.2. The maximum absolute atomic E-state index is 12.2. The topological polar surface area (TPSA) is 67.4 Å². The Morgan fingerprint density at radius 1 is 1.14 bits per heavy atom. The summed E-state index contributed by atoms with van der Waals surface area (Å²) < 4.78 is 5.17. The van der Waals surface area contributed by atoms with E-state index in [9.17, 15) is 9.59 Å². The number of hydrogen-bond donors (Lipinski definition) is 2. The number of methoxy groups -OCH3 is 1. The molecule has 0 spiro atoms. The number of ether oxygens (including phenoxy) is 1. The van der Waals surface area contributed by atoms with Crippen molar-refractivity contribution in [2.75, 3.05) is 7.11 Å². The summed E-state index contributed by atoms with van der Waals surface area (Å²) in [6, 6.07) is 5.35. The SMILES string of the molecule is COc1ccc(C)cc1C(=O)NNC(=O)C1CCCCC1. The van der Waals surface area contributed by atoms with Gasteiger partial charge in [-0.05, 0) is 31.9 Å². The Balaban J connectivity index is 1.95. The van der Waals surface area contributed by atoms with Gasteiger partial charge in [0, 0.05) is 5.92 Å². The van der Waals surface area contributed by atoms with E-state index in [1.54, 1.807) is 12.1 Å². The molecular weight excluding hydrogens is 268 g/mol. The highest BCUT2D eigenvalue weighted by Crippen LogP contribution is 2.23. The van der Waals surface area contributed by atoms with Gasteiger partial charge in [-0.2, -0.15) is 0 Å². The maximum atomic E-state index is 12.2. The van der Waals surface area contributed by atoms with Crippen molar-refractivity contribution in [3.8, 4) is 5.75 Å². The average molecular weight is 290 g/mol. The van der Waals surface area contributed by atoms with Crippen LogP contribution >= 0.6 is 0 Å². The van der Waals surface area contributed by atoms with Crippen molar-refractivity contribution in [2.24, 2.45) is 5.92 Å². The lowest BCUT2D eigenvalue weighted by atomic mass is 9.89. The molecule has 1 fully saturated rings. The van der Waals surface area contributed by atoms with Crippen molar-refractivity contribution in [3.63, 3.8) is 0 Å². The highest BCUT2D eigenvalue weighted by atomic mass is 16.5.